The first kappa shape index (κ1) is 14.1. The molecular weight excluding hydrogens is 256 g/mol. The Morgan fingerprint density at radius 1 is 1.35 bits per heavy atom. The maximum Gasteiger partial charge on any atom is 0.326 e. The van der Waals surface area contributed by atoms with Crippen molar-refractivity contribution in [3.8, 4) is 0 Å². The Labute approximate surface area is 117 Å². The van der Waals surface area contributed by atoms with E-state index < -0.39 is 12.0 Å². The lowest BCUT2D eigenvalue weighted by atomic mass is 10.1. The van der Waals surface area contributed by atoms with Crippen LogP contribution in [0.2, 0.25) is 0 Å². The van der Waals surface area contributed by atoms with Crippen LogP contribution in [0.15, 0.2) is 30.3 Å². The van der Waals surface area contributed by atoms with E-state index >= 15 is 0 Å². The van der Waals surface area contributed by atoms with Gasteiger partial charge in [0.05, 0.1) is 0 Å². The minimum Gasteiger partial charge on any atom is -0.480 e. The van der Waals surface area contributed by atoms with Crippen LogP contribution >= 0.6 is 0 Å². The lowest BCUT2D eigenvalue weighted by molar-refractivity contribution is -0.139. The van der Waals surface area contributed by atoms with Gasteiger partial charge in [-0.1, -0.05) is 38.0 Å². The second-order valence-electron chi connectivity index (χ2n) is 4.78. The number of para-hydroxylation sites is 1. The fraction of sp³-hybridized carbons (Fsp3) is 0.333. The average Bonchev–Trinajstić information content (AvgIpc) is 2.86. The molecule has 2 rings (SSSR count). The molecule has 5 heteroatoms. The van der Waals surface area contributed by atoms with Crippen LogP contribution in [0.4, 0.5) is 0 Å². The number of aromatic nitrogens is 1. The molecule has 0 aliphatic carbocycles. The van der Waals surface area contributed by atoms with Crippen molar-refractivity contribution in [1.82, 2.24) is 10.3 Å². The lowest BCUT2D eigenvalue weighted by Crippen LogP contribution is -2.40. The molecule has 0 saturated heterocycles. The van der Waals surface area contributed by atoms with E-state index in [0.717, 1.165) is 23.7 Å². The zero-order valence-electron chi connectivity index (χ0n) is 11.3. The Hall–Kier alpha value is -2.30. The van der Waals surface area contributed by atoms with E-state index in [0.29, 0.717) is 12.1 Å². The highest BCUT2D eigenvalue weighted by Crippen LogP contribution is 2.14. The number of aliphatic carboxylic acids is 1. The maximum atomic E-state index is 12.1. The van der Waals surface area contributed by atoms with Crippen molar-refractivity contribution >= 4 is 22.8 Å². The Kier molecular flexibility index (Phi) is 4.40. The first-order chi connectivity index (χ1) is 9.61. The third-order valence-corrected chi connectivity index (χ3v) is 3.22. The molecule has 0 aliphatic rings. The van der Waals surface area contributed by atoms with Gasteiger partial charge >= 0.3 is 5.97 Å². The number of H-pyrrole nitrogens is 1. The molecule has 1 atom stereocenters. The van der Waals surface area contributed by atoms with Gasteiger partial charge in [0.15, 0.2) is 0 Å². The number of fused-ring (bicyclic) bond motifs is 1. The summed E-state index contributed by atoms with van der Waals surface area (Å²) in [5, 5.41) is 12.6. The summed E-state index contributed by atoms with van der Waals surface area (Å²) in [6, 6.07) is 8.42. The third-order valence-electron chi connectivity index (χ3n) is 3.22. The number of carboxylic acid groups (broad SMARTS) is 1. The highest BCUT2D eigenvalue weighted by atomic mass is 16.4. The summed E-state index contributed by atoms with van der Waals surface area (Å²) >= 11 is 0. The molecule has 3 N–H and O–H groups in total. The minimum absolute atomic E-state index is 0.383. The van der Waals surface area contributed by atoms with Crippen LogP contribution in [0.1, 0.15) is 36.7 Å². The fourth-order valence-electron chi connectivity index (χ4n) is 2.10. The molecule has 1 aromatic carbocycles. The van der Waals surface area contributed by atoms with Crippen LogP contribution in [0.5, 0.6) is 0 Å². The van der Waals surface area contributed by atoms with Gasteiger partial charge in [-0.15, -0.1) is 0 Å². The van der Waals surface area contributed by atoms with Gasteiger partial charge in [0.25, 0.3) is 5.91 Å². The first-order valence-electron chi connectivity index (χ1n) is 6.73. The number of rotatable bonds is 6. The molecule has 0 bridgehead atoms. The quantitative estimate of drug-likeness (QED) is 0.757. The van der Waals surface area contributed by atoms with E-state index in [4.69, 9.17) is 5.11 Å². The van der Waals surface area contributed by atoms with E-state index in [-0.39, 0.29) is 5.91 Å². The number of nitrogens with one attached hydrogen (secondary N) is 2. The topological polar surface area (TPSA) is 82.2 Å². The third kappa shape index (κ3) is 3.17. The van der Waals surface area contributed by atoms with Crippen LogP contribution in [-0.4, -0.2) is 28.0 Å². The van der Waals surface area contributed by atoms with E-state index in [9.17, 15) is 9.59 Å². The second kappa shape index (κ2) is 6.23. The molecule has 1 heterocycles. The van der Waals surface area contributed by atoms with Crippen LogP contribution in [0, 0.1) is 0 Å². The van der Waals surface area contributed by atoms with Crippen molar-refractivity contribution in [2.75, 3.05) is 0 Å². The number of carboxylic acids is 1. The monoisotopic (exact) mass is 274 g/mol. The van der Waals surface area contributed by atoms with E-state index in [1.807, 2.05) is 31.2 Å². The SMILES string of the molecule is CCCC[C@H](NC(=O)c1cc2ccccc2[nH]1)C(=O)O. The molecule has 0 spiro atoms. The van der Waals surface area contributed by atoms with Crippen molar-refractivity contribution in [1.29, 1.82) is 0 Å². The zero-order valence-corrected chi connectivity index (χ0v) is 11.3. The molecule has 0 aliphatic heterocycles. The maximum absolute atomic E-state index is 12.1. The lowest BCUT2D eigenvalue weighted by Gasteiger charge is -2.13. The van der Waals surface area contributed by atoms with Gasteiger partial charge in [-0.3, -0.25) is 4.79 Å². The van der Waals surface area contributed by atoms with Gasteiger partial charge in [0.1, 0.15) is 11.7 Å². The number of hydrogen-bond donors (Lipinski definition) is 3. The molecule has 5 nitrogen and oxygen atoms in total. The normalized spacial score (nSPS) is 12.2. The molecule has 106 valence electrons. The van der Waals surface area contributed by atoms with Crippen LogP contribution < -0.4 is 5.32 Å². The van der Waals surface area contributed by atoms with Crippen molar-refractivity contribution in [2.45, 2.75) is 32.2 Å². The number of amides is 1. The van der Waals surface area contributed by atoms with E-state index in [1.165, 1.54) is 0 Å². The number of unbranched alkanes of at least 4 members (excludes halogenated alkanes) is 1. The fourth-order valence-corrected chi connectivity index (χ4v) is 2.10. The predicted molar refractivity (Wildman–Crippen MR) is 76.7 cm³/mol. The molecular formula is C15H18N2O3. The number of carbonyl (C=O) groups is 2. The minimum atomic E-state index is -0.997. The highest BCUT2D eigenvalue weighted by Gasteiger charge is 2.20. The summed E-state index contributed by atoms with van der Waals surface area (Å²) in [6.07, 6.45) is 2.10. The summed E-state index contributed by atoms with van der Waals surface area (Å²) < 4.78 is 0. The summed E-state index contributed by atoms with van der Waals surface area (Å²) in [5.41, 5.74) is 1.24. The van der Waals surface area contributed by atoms with Crippen molar-refractivity contribution in [3.63, 3.8) is 0 Å². The van der Waals surface area contributed by atoms with Crippen molar-refractivity contribution < 1.29 is 14.7 Å². The molecule has 1 aromatic heterocycles. The second-order valence-corrected chi connectivity index (χ2v) is 4.78. The van der Waals surface area contributed by atoms with Crippen molar-refractivity contribution in [2.24, 2.45) is 0 Å². The smallest absolute Gasteiger partial charge is 0.326 e. The molecule has 0 unspecified atom stereocenters. The van der Waals surface area contributed by atoms with Crippen LogP contribution in [0.25, 0.3) is 10.9 Å². The highest BCUT2D eigenvalue weighted by molar-refractivity contribution is 5.99. The summed E-state index contributed by atoms with van der Waals surface area (Å²) in [5.74, 6) is -1.38. The number of carbonyl (C=O) groups excluding carboxylic acids is 1. The van der Waals surface area contributed by atoms with E-state index in [1.54, 1.807) is 6.07 Å². The van der Waals surface area contributed by atoms with Gasteiger partial charge in [-0.2, -0.15) is 0 Å². The predicted octanol–water partition coefficient (Wildman–Crippen LogP) is 2.54. The largest absolute Gasteiger partial charge is 0.480 e. The number of aromatic amines is 1. The van der Waals surface area contributed by atoms with E-state index in [2.05, 4.69) is 10.3 Å². The van der Waals surface area contributed by atoms with Crippen LogP contribution in [-0.2, 0) is 4.79 Å². The molecule has 2 aromatic rings. The average molecular weight is 274 g/mol. The molecule has 0 fully saturated rings. The number of benzene rings is 1. The van der Waals surface area contributed by atoms with Crippen molar-refractivity contribution in [3.05, 3.63) is 36.0 Å². The van der Waals surface area contributed by atoms with Gasteiger partial charge < -0.3 is 15.4 Å². The summed E-state index contributed by atoms with van der Waals surface area (Å²) in [4.78, 5) is 26.2. The van der Waals surface area contributed by atoms with Gasteiger partial charge in [-0.25, -0.2) is 4.79 Å². The summed E-state index contributed by atoms with van der Waals surface area (Å²) in [7, 11) is 0. The zero-order chi connectivity index (χ0) is 14.5. The Morgan fingerprint density at radius 2 is 2.10 bits per heavy atom. The first-order valence-corrected chi connectivity index (χ1v) is 6.73. The summed E-state index contributed by atoms with van der Waals surface area (Å²) in [6.45, 7) is 1.98. The standard InChI is InChI=1S/C15H18N2O3/c1-2-3-7-12(15(19)20)17-14(18)13-9-10-6-4-5-8-11(10)16-13/h4-6,8-9,12,16H,2-3,7H2,1H3,(H,17,18)(H,19,20)/t12-/m0/s1. The molecule has 0 radical (unpaired) electrons. The van der Waals surface area contributed by atoms with Gasteiger partial charge in [0, 0.05) is 10.9 Å². The van der Waals surface area contributed by atoms with Gasteiger partial charge in [-0.05, 0) is 18.6 Å². The number of hydrogen-bond acceptors (Lipinski definition) is 2. The Morgan fingerprint density at radius 3 is 2.75 bits per heavy atom. The molecule has 20 heavy (non-hydrogen) atoms. The molecule has 1 amide bonds. The van der Waals surface area contributed by atoms with Crippen LogP contribution in [0.3, 0.4) is 0 Å². The Bertz CT molecular complexity index is 585. The van der Waals surface area contributed by atoms with Gasteiger partial charge in [0.2, 0.25) is 0 Å². The molecule has 0 saturated carbocycles. The Balaban J connectivity index is 2.11.